The molecule has 0 aromatic heterocycles. The van der Waals surface area contributed by atoms with Crippen molar-refractivity contribution in [3.8, 4) is 23.0 Å². The molecular formula is C59H71N5O12S2. The Bertz CT molecular complexity index is 2920. The lowest BCUT2D eigenvalue weighted by Gasteiger charge is -2.33. The molecule has 0 bridgehead atoms. The first-order chi connectivity index (χ1) is 37.8. The summed E-state index contributed by atoms with van der Waals surface area (Å²) in [6.45, 7) is 7.31. The molecule has 4 N–H and O–H groups in total. The maximum absolute atomic E-state index is 14.3. The van der Waals surface area contributed by atoms with E-state index in [4.69, 9.17) is 38.2 Å². The SMILES string of the molecule is COCCOCCOCCN(c1cc(COc2cc3c(cc2OC)C(=O)N2c4ccccc4CC2C=N3)cc(COc2cc3c(cc2OC)C(=O)N2c4ccccc4CC2CN3)c1)C(O)CCC(C)(C)SSCCCC(O)O. The Hall–Kier alpha value is -6.03. The zero-order valence-electron chi connectivity index (χ0n) is 45.0. The molecule has 0 saturated carbocycles. The minimum Gasteiger partial charge on any atom is -0.493 e. The topological polar surface area (TPSA) is 194 Å². The molecule has 0 saturated heterocycles. The maximum Gasteiger partial charge on any atom is 0.261 e. The molecule has 3 unspecified atom stereocenters. The molecule has 3 atom stereocenters. The van der Waals surface area contributed by atoms with E-state index in [1.54, 1.807) is 66.0 Å². The van der Waals surface area contributed by atoms with E-state index < -0.39 is 12.5 Å². The molecule has 0 radical (unpaired) electrons. The minimum atomic E-state index is -1.32. The van der Waals surface area contributed by atoms with Gasteiger partial charge in [-0.15, -0.1) is 0 Å². The van der Waals surface area contributed by atoms with Gasteiger partial charge in [0, 0.05) is 72.5 Å². The van der Waals surface area contributed by atoms with Gasteiger partial charge in [0.15, 0.2) is 29.3 Å². The number of aliphatic imine (C=N–C) groups is 1. The summed E-state index contributed by atoms with van der Waals surface area (Å²) in [6, 6.07) is 28.7. The van der Waals surface area contributed by atoms with Gasteiger partial charge in [0.05, 0.1) is 81.8 Å². The third kappa shape index (κ3) is 13.5. The molecule has 416 valence electrons. The maximum atomic E-state index is 14.3. The summed E-state index contributed by atoms with van der Waals surface area (Å²) >= 11 is 0. The molecule has 0 spiro atoms. The van der Waals surface area contributed by atoms with E-state index in [-0.39, 0.29) is 41.9 Å². The summed E-state index contributed by atoms with van der Waals surface area (Å²) in [6.07, 6.45) is 3.10. The van der Waals surface area contributed by atoms with Crippen molar-refractivity contribution in [3.63, 3.8) is 0 Å². The van der Waals surface area contributed by atoms with Gasteiger partial charge < -0.3 is 63.6 Å². The second-order valence-corrected chi connectivity index (χ2v) is 23.4. The monoisotopic (exact) mass is 1110 g/mol. The number of benzene rings is 5. The fourth-order valence-electron chi connectivity index (χ4n) is 10.3. The molecule has 5 aromatic rings. The van der Waals surface area contributed by atoms with Gasteiger partial charge in [0.1, 0.15) is 19.4 Å². The highest BCUT2D eigenvalue weighted by Gasteiger charge is 2.39. The van der Waals surface area contributed by atoms with Crippen LogP contribution in [0.2, 0.25) is 0 Å². The summed E-state index contributed by atoms with van der Waals surface area (Å²) in [5.41, 5.74) is 8.27. The van der Waals surface area contributed by atoms with Crippen molar-refractivity contribution in [2.24, 2.45) is 4.99 Å². The fraction of sp³-hybridized carbons (Fsp3) is 0.441. The zero-order valence-corrected chi connectivity index (χ0v) is 46.6. The number of aliphatic hydroxyl groups is 3. The Kier molecular flexibility index (Phi) is 19.1. The summed E-state index contributed by atoms with van der Waals surface area (Å²) in [4.78, 5) is 38.9. The van der Waals surface area contributed by atoms with Gasteiger partial charge in [-0.1, -0.05) is 58.0 Å². The van der Waals surface area contributed by atoms with E-state index in [0.717, 1.165) is 45.8 Å². The van der Waals surface area contributed by atoms with E-state index in [1.165, 1.54) is 0 Å². The Morgan fingerprint density at radius 2 is 1.36 bits per heavy atom. The molecule has 2 amide bonds. The molecular weight excluding hydrogens is 1030 g/mol. The number of para-hydroxylation sites is 2. The first-order valence-corrected chi connectivity index (χ1v) is 28.9. The number of aliphatic hydroxyl groups excluding tert-OH is 2. The number of ether oxygens (including phenoxy) is 7. The van der Waals surface area contributed by atoms with Crippen LogP contribution in [0.1, 0.15) is 82.5 Å². The van der Waals surface area contributed by atoms with Crippen molar-refractivity contribution in [1.29, 1.82) is 0 Å². The van der Waals surface area contributed by atoms with Crippen LogP contribution in [-0.4, -0.2) is 136 Å². The fourth-order valence-corrected chi connectivity index (χ4v) is 13.0. The molecule has 4 heterocycles. The molecule has 17 nitrogen and oxygen atoms in total. The van der Waals surface area contributed by atoms with Crippen LogP contribution in [0, 0.1) is 0 Å². The number of carbonyl (C=O) groups is 2. The molecule has 78 heavy (non-hydrogen) atoms. The van der Waals surface area contributed by atoms with Gasteiger partial charge >= 0.3 is 0 Å². The number of fused-ring (bicyclic) bond motifs is 8. The number of rotatable bonds is 28. The van der Waals surface area contributed by atoms with Crippen LogP contribution >= 0.6 is 21.6 Å². The predicted molar refractivity (Wildman–Crippen MR) is 307 cm³/mol. The van der Waals surface area contributed by atoms with E-state index in [0.29, 0.717) is 129 Å². The van der Waals surface area contributed by atoms with Gasteiger partial charge in [0.2, 0.25) is 0 Å². The highest BCUT2D eigenvalue weighted by Crippen LogP contribution is 2.44. The third-order valence-corrected chi connectivity index (χ3v) is 17.7. The molecule has 19 heteroatoms. The van der Waals surface area contributed by atoms with Crippen LogP contribution < -0.4 is 39.0 Å². The Balaban J connectivity index is 0.997. The number of anilines is 4. The standard InChI is InChI=1S/C59H71N5O12S2/c1-59(2,78-77-24-10-15-56(66)67)17-16-55(65)62(18-19-73-22-23-74-21-20-70-3)42-26-38(36-75-53-32-47-45(30-51(53)71-4)57(68)63-43(34-60-47)28-40-11-6-8-13-49(40)63)25-39(27-42)37-76-54-33-48-46(31-52(54)72-5)58(69)64-44(35-61-48)29-41-12-7-9-14-50(41)64/h6-9,11-14,25-27,30-34,43-44,55-56,61,65-67H,10,15-24,28-29,35-37H2,1-5H3. The summed E-state index contributed by atoms with van der Waals surface area (Å²) < 4.78 is 41.6. The first-order valence-electron chi connectivity index (χ1n) is 26.5. The smallest absolute Gasteiger partial charge is 0.261 e. The third-order valence-electron chi connectivity index (χ3n) is 14.3. The van der Waals surface area contributed by atoms with Crippen LogP contribution in [0.15, 0.2) is 96.0 Å². The van der Waals surface area contributed by atoms with Gasteiger partial charge in [-0.05, 0) is 111 Å². The lowest BCUT2D eigenvalue weighted by atomic mass is 10.0. The van der Waals surface area contributed by atoms with Gasteiger partial charge in [0.25, 0.3) is 11.8 Å². The van der Waals surface area contributed by atoms with Crippen molar-refractivity contribution in [2.45, 2.75) is 94.9 Å². The number of nitrogens with zero attached hydrogens (tertiary/aromatic N) is 4. The van der Waals surface area contributed by atoms with Gasteiger partial charge in [-0.2, -0.15) is 0 Å². The number of amides is 2. The van der Waals surface area contributed by atoms with E-state index in [9.17, 15) is 24.9 Å². The lowest BCUT2D eigenvalue weighted by molar-refractivity contribution is -0.0451. The van der Waals surface area contributed by atoms with E-state index in [1.807, 2.05) is 82.7 Å². The van der Waals surface area contributed by atoms with Crippen molar-refractivity contribution in [3.05, 3.63) is 124 Å². The highest BCUT2D eigenvalue weighted by atomic mass is 33.1. The number of methoxy groups -OCH3 is 3. The van der Waals surface area contributed by atoms with Gasteiger partial charge in [-0.25, -0.2) is 0 Å². The minimum absolute atomic E-state index is 0.0437. The second kappa shape index (κ2) is 26.3. The van der Waals surface area contributed by atoms with E-state index >= 15 is 0 Å². The molecule has 5 aromatic carbocycles. The highest BCUT2D eigenvalue weighted by molar-refractivity contribution is 8.77. The molecule has 0 aliphatic carbocycles. The summed E-state index contributed by atoms with van der Waals surface area (Å²) in [7, 11) is 8.14. The predicted octanol–water partition coefficient (Wildman–Crippen LogP) is 8.98. The largest absolute Gasteiger partial charge is 0.493 e. The Morgan fingerprint density at radius 1 is 0.731 bits per heavy atom. The number of hydrogen-bond acceptors (Lipinski definition) is 17. The van der Waals surface area contributed by atoms with Crippen LogP contribution in [0.5, 0.6) is 23.0 Å². The number of hydrogen-bond donors (Lipinski definition) is 4. The molecule has 4 aliphatic heterocycles. The van der Waals surface area contributed by atoms with Gasteiger partial charge in [-0.3, -0.25) is 19.5 Å². The normalized spacial score (nSPS) is 16.6. The van der Waals surface area contributed by atoms with Crippen LogP contribution in [0.25, 0.3) is 0 Å². The summed E-state index contributed by atoms with van der Waals surface area (Å²) in [5, 5.41) is 34.4. The lowest BCUT2D eigenvalue weighted by Crippen LogP contribution is -2.39. The number of nitrogens with one attached hydrogen (secondary N) is 1. The van der Waals surface area contributed by atoms with Crippen molar-refractivity contribution < 1.29 is 58.1 Å². The Labute approximate surface area is 464 Å². The second-order valence-electron chi connectivity index (χ2n) is 20.3. The van der Waals surface area contributed by atoms with Crippen molar-refractivity contribution >= 4 is 68.1 Å². The molecule has 4 aliphatic rings. The molecule has 9 rings (SSSR count). The average Bonchev–Trinajstić information content (AvgIpc) is 4.01. The molecule has 0 fully saturated rings. The zero-order chi connectivity index (χ0) is 54.8. The Morgan fingerprint density at radius 3 is 2.05 bits per heavy atom. The van der Waals surface area contributed by atoms with Crippen LogP contribution in [0.4, 0.5) is 28.4 Å². The number of carbonyl (C=O) groups excluding carboxylic acids is 2. The van der Waals surface area contributed by atoms with Crippen molar-refractivity contribution in [1.82, 2.24) is 0 Å². The van der Waals surface area contributed by atoms with Crippen LogP contribution in [0.3, 0.4) is 0 Å². The van der Waals surface area contributed by atoms with E-state index in [2.05, 4.69) is 25.2 Å². The van der Waals surface area contributed by atoms with Crippen molar-refractivity contribution in [2.75, 3.05) is 93.2 Å². The average molecular weight is 1110 g/mol. The summed E-state index contributed by atoms with van der Waals surface area (Å²) in [5.74, 6) is 2.11. The van der Waals surface area contributed by atoms with Crippen LogP contribution in [-0.2, 0) is 40.3 Å². The first kappa shape index (κ1) is 56.7. The quantitative estimate of drug-likeness (QED) is 0.0210.